The SMILES string of the molecule is CC[C@@H](Sc1ccccn1)C(=O)Nc1cccc2ccccc12. The number of amides is 1. The zero-order chi connectivity index (χ0) is 16.1. The normalized spacial score (nSPS) is 12.0. The molecule has 1 N–H and O–H groups in total. The van der Waals surface area contributed by atoms with Crippen molar-refractivity contribution in [1.29, 1.82) is 0 Å². The predicted octanol–water partition coefficient (Wildman–Crippen LogP) is 4.74. The number of carbonyl (C=O) groups is 1. The highest BCUT2D eigenvalue weighted by molar-refractivity contribution is 8.00. The minimum Gasteiger partial charge on any atom is -0.325 e. The summed E-state index contributed by atoms with van der Waals surface area (Å²) in [6.45, 7) is 2.02. The molecule has 4 heteroatoms. The maximum Gasteiger partial charge on any atom is 0.237 e. The van der Waals surface area contributed by atoms with Gasteiger partial charge in [-0.3, -0.25) is 4.79 Å². The molecule has 0 saturated carbocycles. The van der Waals surface area contributed by atoms with E-state index in [1.807, 2.05) is 67.6 Å². The first kappa shape index (κ1) is 15.6. The Balaban J connectivity index is 1.79. The molecule has 0 fully saturated rings. The number of nitrogens with one attached hydrogen (secondary N) is 1. The highest BCUT2D eigenvalue weighted by atomic mass is 32.2. The maximum atomic E-state index is 12.6. The molecule has 23 heavy (non-hydrogen) atoms. The molecule has 3 aromatic rings. The van der Waals surface area contributed by atoms with Gasteiger partial charge in [-0.15, -0.1) is 0 Å². The standard InChI is InChI=1S/C19H18N2OS/c1-2-17(23-18-12-5-6-13-20-18)19(22)21-16-11-7-9-14-8-3-4-10-15(14)16/h3-13,17H,2H2,1H3,(H,21,22)/t17-/m1/s1. The average molecular weight is 322 g/mol. The van der Waals surface area contributed by atoms with E-state index in [0.29, 0.717) is 0 Å². The van der Waals surface area contributed by atoms with Crippen LogP contribution < -0.4 is 5.32 Å². The predicted molar refractivity (Wildman–Crippen MR) is 96.8 cm³/mol. The summed E-state index contributed by atoms with van der Waals surface area (Å²) in [6, 6.07) is 19.7. The third-order valence-corrected chi connectivity index (χ3v) is 4.93. The van der Waals surface area contributed by atoms with Crippen LogP contribution in [-0.4, -0.2) is 16.1 Å². The van der Waals surface area contributed by atoms with Crippen molar-refractivity contribution in [2.45, 2.75) is 23.6 Å². The molecule has 3 rings (SSSR count). The van der Waals surface area contributed by atoms with Gasteiger partial charge in [-0.05, 0) is 30.0 Å². The quantitative estimate of drug-likeness (QED) is 0.690. The van der Waals surface area contributed by atoms with Gasteiger partial charge < -0.3 is 5.32 Å². The number of fused-ring (bicyclic) bond motifs is 1. The van der Waals surface area contributed by atoms with Crippen molar-refractivity contribution in [3.05, 3.63) is 66.9 Å². The molecule has 1 atom stereocenters. The van der Waals surface area contributed by atoms with Crippen LogP contribution in [0, 0.1) is 0 Å². The summed E-state index contributed by atoms with van der Waals surface area (Å²) in [5.74, 6) is 0.0134. The van der Waals surface area contributed by atoms with Crippen LogP contribution in [0.5, 0.6) is 0 Å². The monoisotopic (exact) mass is 322 g/mol. The summed E-state index contributed by atoms with van der Waals surface area (Å²) in [4.78, 5) is 16.9. The van der Waals surface area contributed by atoms with Crippen LogP contribution in [0.25, 0.3) is 10.8 Å². The van der Waals surface area contributed by atoms with Gasteiger partial charge in [0.15, 0.2) is 0 Å². The van der Waals surface area contributed by atoms with E-state index in [0.717, 1.165) is 27.9 Å². The lowest BCUT2D eigenvalue weighted by Crippen LogP contribution is -2.24. The Kier molecular flexibility index (Phi) is 4.93. The first-order valence-corrected chi connectivity index (χ1v) is 8.52. The Morgan fingerprint density at radius 2 is 1.87 bits per heavy atom. The van der Waals surface area contributed by atoms with Crippen LogP contribution in [0.1, 0.15) is 13.3 Å². The summed E-state index contributed by atoms with van der Waals surface area (Å²) in [6.07, 6.45) is 2.50. The van der Waals surface area contributed by atoms with Crippen LogP contribution >= 0.6 is 11.8 Å². The highest BCUT2D eigenvalue weighted by Crippen LogP contribution is 2.27. The zero-order valence-corrected chi connectivity index (χ0v) is 13.7. The molecule has 0 bridgehead atoms. The van der Waals surface area contributed by atoms with Gasteiger partial charge >= 0.3 is 0 Å². The van der Waals surface area contributed by atoms with Gasteiger partial charge in [-0.25, -0.2) is 4.98 Å². The minimum absolute atomic E-state index is 0.0134. The summed E-state index contributed by atoms with van der Waals surface area (Å²) in [5, 5.41) is 5.95. The Labute approximate surface area is 140 Å². The van der Waals surface area contributed by atoms with Crippen LogP contribution in [0.15, 0.2) is 71.9 Å². The smallest absolute Gasteiger partial charge is 0.237 e. The molecule has 0 saturated heterocycles. The molecule has 0 aliphatic carbocycles. The van der Waals surface area contributed by atoms with Crippen molar-refractivity contribution in [3.63, 3.8) is 0 Å². The molecule has 3 nitrogen and oxygen atoms in total. The molecule has 1 amide bonds. The fourth-order valence-corrected chi connectivity index (χ4v) is 3.34. The summed E-state index contributed by atoms with van der Waals surface area (Å²) in [7, 11) is 0. The van der Waals surface area contributed by atoms with E-state index in [2.05, 4.69) is 10.3 Å². The lowest BCUT2D eigenvalue weighted by Gasteiger charge is -2.15. The number of benzene rings is 2. The summed E-state index contributed by atoms with van der Waals surface area (Å²) < 4.78 is 0. The molecule has 0 aliphatic heterocycles. The largest absolute Gasteiger partial charge is 0.325 e. The van der Waals surface area contributed by atoms with Crippen molar-refractivity contribution < 1.29 is 4.79 Å². The van der Waals surface area contributed by atoms with Crippen molar-refractivity contribution >= 4 is 34.1 Å². The van der Waals surface area contributed by atoms with E-state index in [4.69, 9.17) is 0 Å². The van der Waals surface area contributed by atoms with E-state index < -0.39 is 0 Å². The van der Waals surface area contributed by atoms with Gasteiger partial charge in [-0.1, -0.05) is 61.2 Å². The van der Waals surface area contributed by atoms with Crippen LogP contribution in [0.3, 0.4) is 0 Å². The second-order valence-corrected chi connectivity index (χ2v) is 6.42. The molecular weight excluding hydrogens is 304 g/mol. The fourth-order valence-electron chi connectivity index (χ4n) is 2.43. The van der Waals surface area contributed by atoms with Crippen LogP contribution in [0.4, 0.5) is 5.69 Å². The number of hydrogen-bond donors (Lipinski definition) is 1. The average Bonchev–Trinajstić information content (AvgIpc) is 2.61. The van der Waals surface area contributed by atoms with Crippen molar-refractivity contribution in [2.75, 3.05) is 5.32 Å². The second-order valence-electron chi connectivity index (χ2n) is 5.20. The van der Waals surface area contributed by atoms with Crippen LogP contribution in [-0.2, 0) is 4.79 Å². The van der Waals surface area contributed by atoms with Crippen molar-refractivity contribution in [1.82, 2.24) is 4.98 Å². The molecule has 1 heterocycles. The van der Waals surface area contributed by atoms with Gasteiger partial charge in [0.1, 0.15) is 0 Å². The summed E-state index contributed by atoms with van der Waals surface area (Å²) >= 11 is 1.50. The van der Waals surface area contributed by atoms with Gasteiger partial charge in [-0.2, -0.15) is 0 Å². The molecule has 0 spiro atoms. The molecule has 0 aliphatic rings. The van der Waals surface area contributed by atoms with E-state index in [1.165, 1.54) is 11.8 Å². The topological polar surface area (TPSA) is 42.0 Å². The lowest BCUT2D eigenvalue weighted by molar-refractivity contribution is -0.115. The maximum absolute atomic E-state index is 12.6. The Hall–Kier alpha value is -2.33. The van der Waals surface area contributed by atoms with Crippen LogP contribution in [0.2, 0.25) is 0 Å². The van der Waals surface area contributed by atoms with Gasteiger partial charge in [0.2, 0.25) is 5.91 Å². The van der Waals surface area contributed by atoms with E-state index in [1.54, 1.807) is 6.20 Å². The first-order valence-electron chi connectivity index (χ1n) is 7.64. The lowest BCUT2D eigenvalue weighted by atomic mass is 10.1. The molecule has 116 valence electrons. The molecule has 2 aromatic carbocycles. The van der Waals surface area contributed by atoms with Gasteiger partial charge in [0, 0.05) is 17.3 Å². The Bertz CT molecular complexity index is 799. The number of nitrogens with zero attached hydrogens (tertiary/aromatic N) is 1. The zero-order valence-electron chi connectivity index (χ0n) is 12.9. The number of carbonyl (C=O) groups excluding carboxylic acids is 1. The molecule has 0 radical (unpaired) electrons. The van der Waals surface area contributed by atoms with E-state index in [9.17, 15) is 4.79 Å². The number of rotatable bonds is 5. The fraction of sp³-hybridized carbons (Fsp3) is 0.158. The highest BCUT2D eigenvalue weighted by Gasteiger charge is 2.19. The first-order chi connectivity index (χ1) is 11.3. The van der Waals surface area contributed by atoms with E-state index in [-0.39, 0.29) is 11.2 Å². The van der Waals surface area contributed by atoms with Gasteiger partial charge in [0.05, 0.1) is 10.3 Å². The van der Waals surface area contributed by atoms with Crippen molar-refractivity contribution in [3.8, 4) is 0 Å². The number of anilines is 1. The Morgan fingerprint density at radius 1 is 1.09 bits per heavy atom. The molecule has 0 unspecified atom stereocenters. The number of pyridine rings is 1. The third kappa shape index (κ3) is 3.71. The molecule has 1 aromatic heterocycles. The molecular formula is C19H18N2OS. The van der Waals surface area contributed by atoms with E-state index >= 15 is 0 Å². The number of hydrogen-bond acceptors (Lipinski definition) is 3. The minimum atomic E-state index is -0.163. The summed E-state index contributed by atoms with van der Waals surface area (Å²) in [5.41, 5.74) is 0.855. The Morgan fingerprint density at radius 3 is 2.65 bits per heavy atom. The number of thioether (sulfide) groups is 1. The second kappa shape index (κ2) is 7.29. The third-order valence-electron chi connectivity index (χ3n) is 3.61. The van der Waals surface area contributed by atoms with Gasteiger partial charge in [0.25, 0.3) is 0 Å². The number of aromatic nitrogens is 1. The van der Waals surface area contributed by atoms with Crippen molar-refractivity contribution in [2.24, 2.45) is 0 Å².